The Morgan fingerprint density at radius 3 is 2.07 bits per heavy atom. The Morgan fingerprint density at radius 1 is 1.00 bits per heavy atom. The highest BCUT2D eigenvalue weighted by Crippen LogP contribution is 2.30. The van der Waals surface area contributed by atoms with Crippen LogP contribution in [-0.4, -0.2) is 39.5 Å². The minimum absolute atomic E-state index is 0.0286. The highest BCUT2D eigenvalue weighted by molar-refractivity contribution is 7.96. The maximum absolute atomic E-state index is 12.6. The second kappa shape index (κ2) is 7.45. The van der Waals surface area contributed by atoms with Crippen molar-refractivity contribution in [1.29, 1.82) is 0 Å². The molecule has 1 saturated heterocycles. The molecule has 1 N–H and O–H groups in total. The highest BCUT2D eigenvalue weighted by atomic mass is 32.2. The van der Waals surface area contributed by atoms with Gasteiger partial charge in [0.05, 0.1) is 27.2 Å². The van der Waals surface area contributed by atoms with Crippen LogP contribution in [0.2, 0.25) is 0 Å². The molecule has 1 heterocycles. The van der Waals surface area contributed by atoms with Gasteiger partial charge in [-0.2, -0.15) is 13.2 Å². The lowest BCUT2D eigenvalue weighted by atomic mass is 10.2. The van der Waals surface area contributed by atoms with Crippen LogP contribution in [-0.2, 0) is 25.9 Å². The van der Waals surface area contributed by atoms with Gasteiger partial charge in [0.25, 0.3) is 5.91 Å². The third-order valence-corrected chi connectivity index (χ3v) is 8.73. The molecule has 6 nitrogen and oxygen atoms in total. The van der Waals surface area contributed by atoms with E-state index in [1.807, 2.05) is 0 Å². The lowest BCUT2D eigenvalue weighted by molar-refractivity contribution is -0.137. The molecule has 1 fully saturated rings. The number of hydrogen-bond donors (Lipinski definition) is 1. The molecule has 1 unspecified atom stereocenters. The molecule has 0 saturated carbocycles. The van der Waals surface area contributed by atoms with Gasteiger partial charge in [-0.25, -0.2) is 16.8 Å². The van der Waals surface area contributed by atoms with E-state index in [-0.39, 0.29) is 28.3 Å². The van der Waals surface area contributed by atoms with Crippen molar-refractivity contribution in [2.75, 3.05) is 16.8 Å². The first-order chi connectivity index (χ1) is 13.4. The first-order valence-electron chi connectivity index (χ1n) is 8.41. The summed E-state index contributed by atoms with van der Waals surface area (Å²) in [5.41, 5.74) is -0.599. The molecular formula is C18H16F3NO5S2. The van der Waals surface area contributed by atoms with E-state index in [2.05, 4.69) is 5.32 Å². The number of nitrogens with one attached hydrogen (secondary N) is 1. The van der Waals surface area contributed by atoms with E-state index in [1.54, 1.807) is 0 Å². The van der Waals surface area contributed by atoms with E-state index < -0.39 is 48.3 Å². The molecular weight excluding hydrogens is 431 g/mol. The first kappa shape index (κ1) is 21.3. The molecule has 0 aliphatic carbocycles. The Balaban J connectivity index is 1.72. The zero-order chi connectivity index (χ0) is 21.4. The van der Waals surface area contributed by atoms with E-state index in [0.717, 1.165) is 24.3 Å². The molecule has 156 valence electrons. The van der Waals surface area contributed by atoms with Crippen LogP contribution in [0, 0.1) is 0 Å². The average molecular weight is 447 g/mol. The molecule has 0 spiro atoms. The van der Waals surface area contributed by atoms with Gasteiger partial charge < -0.3 is 5.32 Å². The maximum atomic E-state index is 12.6. The number of halogens is 3. The number of benzene rings is 2. The van der Waals surface area contributed by atoms with Crippen LogP contribution < -0.4 is 5.32 Å². The summed E-state index contributed by atoms with van der Waals surface area (Å²) in [5.74, 6) is -1.23. The predicted octanol–water partition coefficient (Wildman–Crippen LogP) is 2.92. The van der Waals surface area contributed by atoms with Gasteiger partial charge in [-0.05, 0) is 55.0 Å². The zero-order valence-electron chi connectivity index (χ0n) is 14.8. The summed E-state index contributed by atoms with van der Waals surface area (Å²) < 4.78 is 85.9. The van der Waals surface area contributed by atoms with Crippen LogP contribution >= 0.6 is 0 Å². The third-order valence-electron chi connectivity index (χ3n) is 4.54. The number of hydrogen-bond acceptors (Lipinski definition) is 5. The fourth-order valence-electron chi connectivity index (χ4n) is 2.94. The van der Waals surface area contributed by atoms with Crippen molar-refractivity contribution in [1.82, 2.24) is 0 Å². The fraction of sp³-hybridized carbons (Fsp3) is 0.278. The topological polar surface area (TPSA) is 97.4 Å². The van der Waals surface area contributed by atoms with Crippen molar-refractivity contribution in [3.05, 3.63) is 59.7 Å². The van der Waals surface area contributed by atoms with Crippen molar-refractivity contribution in [3.8, 4) is 0 Å². The van der Waals surface area contributed by atoms with Gasteiger partial charge in [0, 0.05) is 11.3 Å². The Hall–Kier alpha value is -2.40. The monoisotopic (exact) mass is 447 g/mol. The molecule has 3 rings (SSSR count). The molecule has 11 heteroatoms. The van der Waals surface area contributed by atoms with Crippen molar-refractivity contribution >= 4 is 31.3 Å². The Bertz CT molecular complexity index is 1120. The summed E-state index contributed by atoms with van der Waals surface area (Å²) in [6.07, 6.45) is -4.46. The van der Waals surface area contributed by atoms with Crippen LogP contribution in [0.5, 0.6) is 0 Å². The molecule has 0 radical (unpaired) electrons. The van der Waals surface area contributed by atoms with Gasteiger partial charge in [0.2, 0.25) is 0 Å². The number of sulfone groups is 2. The molecule has 1 atom stereocenters. The van der Waals surface area contributed by atoms with E-state index in [4.69, 9.17) is 0 Å². The van der Waals surface area contributed by atoms with Crippen LogP contribution in [0.15, 0.2) is 53.4 Å². The SMILES string of the molecule is O=C(Nc1ccc(C(F)(F)F)cc1)c1ccc(S(=O)(=O)C2CCS(=O)(=O)C2)cc1. The number of anilines is 1. The number of carbonyl (C=O) groups is 1. The van der Waals surface area contributed by atoms with Crippen LogP contribution in [0.3, 0.4) is 0 Å². The van der Waals surface area contributed by atoms with Crippen molar-refractivity contribution in [2.24, 2.45) is 0 Å². The van der Waals surface area contributed by atoms with E-state index >= 15 is 0 Å². The molecule has 29 heavy (non-hydrogen) atoms. The zero-order valence-corrected chi connectivity index (χ0v) is 16.4. The second-order valence-corrected chi connectivity index (χ2v) is 11.1. The summed E-state index contributed by atoms with van der Waals surface area (Å²) in [7, 11) is -7.22. The third kappa shape index (κ3) is 4.78. The summed E-state index contributed by atoms with van der Waals surface area (Å²) in [6.45, 7) is 0. The largest absolute Gasteiger partial charge is 0.416 e. The Kier molecular flexibility index (Phi) is 5.48. The van der Waals surface area contributed by atoms with Gasteiger partial charge >= 0.3 is 6.18 Å². The number of carbonyl (C=O) groups excluding carboxylic acids is 1. The molecule has 1 aliphatic rings. The number of amides is 1. The van der Waals surface area contributed by atoms with Crippen molar-refractivity contribution in [2.45, 2.75) is 22.7 Å². The summed E-state index contributed by atoms with van der Waals surface area (Å²) in [4.78, 5) is 12.1. The van der Waals surface area contributed by atoms with Crippen molar-refractivity contribution in [3.63, 3.8) is 0 Å². The average Bonchev–Trinajstić information content (AvgIpc) is 3.02. The first-order valence-corrected chi connectivity index (χ1v) is 11.8. The standard InChI is InChI=1S/C18H16F3NO5S2/c19-18(20,21)13-3-5-14(6-4-13)22-17(23)12-1-7-15(8-2-12)29(26,27)16-9-10-28(24,25)11-16/h1-8,16H,9-11H2,(H,22,23). The minimum atomic E-state index is -4.48. The molecule has 0 bridgehead atoms. The van der Waals surface area contributed by atoms with E-state index in [9.17, 15) is 34.8 Å². The maximum Gasteiger partial charge on any atom is 0.416 e. The van der Waals surface area contributed by atoms with Crippen molar-refractivity contribution < 1.29 is 34.8 Å². The normalized spacial score (nSPS) is 19.1. The summed E-state index contributed by atoms with van der Waals surface area (Å²) in [5, 5.41) is 1.41. The number of alkyl halides is 3. The van der Waals surface area contributed by atoms with Gasteiger partial charge in [-0.3, -0.25) is 4.79 Å². The second-order valence-electron chi connectivity index (χ2n) is 6.62. The highest BCUT2D eigenvalue weighted by Gasteiger charge is 2.38. The molecule has 1 aliphatic heterocycles. The Morgan fingerprint density at radius 2 is 1.59 bits per heavy atom. The van der Waals surface area contributed by atoms with Gasteiger partial charge in [-0.1, -0.05) is 0 Å². The minimum Gasteiger partial charge on any atom is -0.322 e. The van der Waals surface area contributed by atoms with Crippen LogP contribution in [0.4, 0.5) is 18.9 Å². The Labute approximate surface area is 165 Å². The lowest BCUT2D eigenvalue weighted by Crippen LogP contribution is -2.22. The molecule has 2 aromatic rings. The number of rotatable bonds is 4. The molecule has 0 aromatic heterocycles. The van der Waals surface area contributed by atoms with Gasteiger partial charge in [-0.15, -0.1) is 0 Å². The smallest absolute Gasteiger partial charge is 0.322 e. The van der Waals surface area contributed by atoms with E-state index in [1.165, 1.54) is 24.3 Å². The fourth-order valence-corrected chi connectivity index (χ4v) is 7.30. The van der Waals surface area contributed by atoms with Crippen LogP contribution in [0.1, 0.15) is 22.3 Å². The van der Waals surface area contributed by atoms with Gasteiger partial charge in [0.1, 0.15) is 0 Å². The molecule has 2 aromatic carbocycles. The van der Waals surface area contributed by atoms with E-state index in [0.29, 0.717) is 0 Å². The van der Waals surface area contributed by atoms with Gasteiger partial charge in [0.15, 0.2) is 19.7 Å². The summed E-state index contributed by atoms with van der Waals surface area (Å²) in [6, 6.07) is 8.83. The lowest BCUT2D eigenvalue weighted by Gasteiger charge is -2.11. The quantitative estimate of drug-likeness (QED) is 0.777. The predicted molar refractivity (Wildman–Crippen MR) is 100 cm³/mol. The summed E-state index contributed by atoms with van der Waals surface area (Å²) >= 11 is 0. The molecule has 1 amide bonds. The van der Waals surface area contributed by atoms with Crippen LogP contribution in [0.25, 0.3) is 0 Å².